The Hall–Kier alpha value is -0.950. The minimum atomic E-state index is -3.17. The Labute approximate surface area is 104 Å². The highest BCUT2D eigenvalue weighted by atomic mass is 32.2. The van der Waals surface area contributed by atoms with Crippen molar-refractivity contribution in [1.82, 2.24) is 4.98 Å². The van der Waals surface area contributed by atoms with E-state index in [1.165, 1.54) is 5.38 Å². The van der Waals surface area contributed by atoms with Crippen molar-refractivity contribution in [3.63, 3.8) is 0 Å². The molecule has 0 bridgehead atoms. The highest BCUT2D eigenvalue weighted by molar-refractivity contribution is 7.90. The number of hydrogen-bond donors (Lipinski definition) is 1. The molecule has 1 aromatic rings. The van der Waals surface area contributed by atoms with Crippen LogP contribution in [0.15, 0.2) is 5.38 Å². The van der Waals surface area contributed by atoms with Gasteiger partial charge in [0.15, 0.2) is 9.84 Å². The largest absolute Gasteiger partial charge is 0.476 e. The molecule has 0 atom stereocenters. The fourth-order valence-electron chi connectivity index (χ4n) is 1.34. The summed E-state index contributed by atoms with van der Waals surface area (Å²) in [6.07, 6.45) is 2.50. The van der Waals surface area contributed by atoms with Crippen LogP contribution in [0.2, 0.25) is 0 Å². The third-order valence-corrected chi connectivity index (χ3v) is 4.69. The summed E-state index contributed by atoms with van der Waals surface area (Å²) in [5.41, 5.74) is 0.323. The lowest BCUT2D eigenvalue weighted by atomic mass is 10.3. The molecule has 1 N–H and O–H groups in total. The zero-order chi connectivity index (χ0) is 12.9. The number of unbranched alkanes of at least 4 members (excludes halogenated alkanes) is 2. The van der Waals surface area contributed by atoms with Gasteiger partial charge in [-0.2, -0.15) is 0 Å². The number of aromatic nitrogens is 1. The molecule has 7 heteroatoms. The summed E-state index contributed by atoms with van der Waals surface area (Å²) in [6, 6.07) is 0. The average Bonchev–Trinajstić information content (AvgIpc) is 2.65. The Kier molecular flexibility index (Phi) is 5.07. The van der Waals surface area contributed by atoms with Gasteiger partial charge >= 0.3 is 5.97 Å². The molecule has 17 heavy (non-hydrogen) atoms. The second kappa shape index (κ2) is 6.11. The van der Waals surface area contributed by atoms with E-state index in [-0.39, 0.29) is 16.5 Å². The van der Waals surface area contributed by atoms with E-state index in [2.05, 4.69) is 4.98 Å². The number of sulfone groups is 1. The van der Waals surface area contributed by atoms with Gasteiger partial charge in [0.1, 0.15) is 0 Å². The summed E-state index contributed by atoms with van der Waals surface area (Å²) < 4.78 is 23.3. The molecule has 5 nitrogen and oxygen atoms in total. The first-order chi connectivity index (χ1) is 7.94. The molecule has 0 aliphatic rings. The van der Waals surface area contributed by atoms with Crippen molar-refractivity contribution in [1.29, 1.82) is 0 Å². The lowest BCUT2D eigenvalue weighted by molar-refractivity contribution is 0.0696. The van der Waals surface area contributed by atoms with Crippen LogP contribution in [0.3, 0.4) is 0 Å². The van der Waals surface area contributed by atoms with Crippen molar-refractivity contribution >= 4 is 27.1 Å². The Morgan fingerprint density at radius 1 is 1.47 bits per heavy atom. The maximum Gasteiger partial charge on any atom is 0.365 e. The Bertz CT molecular complexity index is 478. The zero-order valence-electron chi connectivity index (χ0n) is 9.55. The summed E-state index contributed by atoms with van der Waals surface area (Å²) in [5.74, 6) is -1.15. The number of aromatic carboxylic acids is 1. The van der Waals surface area contributed by atoms with Crippen LogP contribution in [0.4, 0.5) is 0 Å². The Balaban J connectivity index is 2.60. The molecule has 0 spiro atoms. The predicted molar refractivity (Wildman–Crippen MR) is 66.1 cm³/mol. The maximum atomic E-state index is 11.7. The van der Waals surface area contributed by atoms with Crippen LogP contribution in [-0.4, -0.2) is 30.2 Å². The molecular formula is C10H15NO4S2. The predicted octanol–water partition coefficient (Wildman–Crippen LogP) is 1.95. The zero-order valence-corrected chi connectivity index (χ0v) is 11.2. The van der Waals surface area contributed by atoms with Crippen molar-refractivity contribution in [3.05, 3.63) is 16.1 Å². The second-order valence-electron chi connectivity index (χ2n) is 3.75. The summed E-state index contributed by atoms with van der Waals surface area (Å²) in [4.78, 5) is 14.4. The first-order valence-electron chi connectivity index (χ1n) is 5.32. The quantitative estimate of drug-likeness (QED) is 0.770. The van der Waals surface area contributed by atoms with E-state index in [4.69, 9.17) is 5.11 Å². The molecule has 1 heterocycles. The van der Waals surface area contributed by atoms with Crippen LogP contribution in [0.5, 0.6) is 0 Å². The van der Waals surface area contributed by atoms with E-state index in [0.29, 0.717) is 12.1 Å². The number of thiazole rings is 1. The van der Waals surface area contributed by atoms with E-state index < -0.39 is 15.8 Å². The van der Waals surface area contributed by atoms with Gasteiger partial charge in [-0.25, -0.2) is 18.2 Å². The van der Waals surface area contributed by atoms with Gasteiger partial charge in [0.2, 0.25) is 5.01 Å². The molecule has 0 aromatic carbocycles. The molecule has 0 amide bonds. The van der Waals surface area contributed by atoms with Gasteiger partial charge in [0.25, 0.3) is 0 Å². The SMILES string of the molecule is CCCCCS(=O)(=O)Cc1csc(C(=O)O)n1. The van der Waals surface area contributed by atoms with Crippen LogP contribution in [-0.2, 0) is 15.6 Å². The van der Waals surface area contributed by atoms with Crippen LogP contribution in [0, 0.1) is 0 Å². The number of carboxylic acid groups (broad SMARTS) is 1. The van der Waals surface area contributed by atoms with E-state index >= 15 is 0 Å². The van der Waals surface area contributed by atoms with Gasteiger partial charge in [-0.1, -0.05) is 19.8 Å². The van der Waals surface area contributed by atoms with Crippen molar-refractivity contribution < 1.29 is 18.3 Å². The molecule has 0 unspecified atom stereocenters. The van der Waals surface area contributed by atoms with Crippen LogP contribution < -0.4 is 0 Å². The van der Waals surface area contributed by atoms with Crippen LogP contribution in [0.1, 0.15) is 41.7 Å². The Morgan fingerprint density at radius 3 is 2.71 bits per heavy atom. The van der Waals surface area contributed by atoms with Crippen molar-refractivity contribution in [2.45, 2.75) is 31.9 Å². The number of hydrogen-bond acceptors (Lipinski definition) is 5. The summed E-state index contributed by atoms with van der Waals surface area (Å²) in [5, 5.41) is 10.1. The maximum absolute atomic E-state index is 11.7. The van der Waals surface area contributed by atoms with Crippen molar-refractivity contribution in [2.24, 2.45) is 0 Å². The lowest BCUT2D eigenvalue weighted by Crippen LogP contribution is -2.10. The standard InChI is InChI=1S/C10H15NO4S2/c1-2-3-4-5-17(14,15)7-8-6-16-9(11-8)10(12)13/h6H,2-5,7H2,1H3,(H,12,13). The fraction of sp³-hybridized carbons (Fsp3) is 0.600. The summed E-state index contributed by atoms with van der Waals surface area (Å²) in [6.45, 7) is 2.01. The van der Waals surface area contributed by atoms with E-state index in [1.807, 2.05) is 6.92 Å². The van der Waals surface area contributed by atoms with Crippen molar-refractivity contribution in [2.75, 3.05) is 5.75 Å². The average molecular weight is 277 g/mol. The second-order valence-corrected chi connectivity index (χ2v) is 6.79. The highest BCUT2D eigenvalue weighted by Gasteiger charge is 2.16. The van der Waals surface area contributed by atoms with Gasteiger partial charge in [0.05, 0.1) is 17.2 Å². The molecule has 0 saturated carbocycles. The minimum Gasteiger partial charge on any atom is -0.476 e. The van der Waals surface area contributed by atoms with Gasteiger partial charge in [-0.05, 0) is 6.42 Å². The Morgan fingerprint density at radius 2 is 2.18 bits per heavy atom. The number of carboxylic acids is 1. The smallest absolute Gasteiger partial charge is 0.365 e. The summed E-state index contributed by atoms with van der Waals surface area (Å²) >= 11 is 0.952. The number of rotatable bonds is 7. The molecular weight excluding hydrogens is 262 g/mol. The van der Waals surface area contributed by atoms with Gasteiger partial charge in [-0.15, -0.1) is 11.3 Å². The highest BCUT2D eigenvalue weighted by Crippen LogP contribution is 2.13. The molecule has 0 aliphatic heterocycles. The molecule has 0 fully saturated rings. The number of carbonyl (C=O) groups is 1. The lowest BCUT2D eigenvalue weighted by Gasteiger charge is -2.01. The molecule has 0 saturated heterocycles. The van der Waals surface area contributed by atoms with E-state index in [1.54, 1.807) is 0 Å². The first-order valence-corrected chi connectivity index (χ1v) is 8.03. The molecule has 96 valence electrons. The fourth-order valence-corrected chi connectivity index (χ4v) is 3.49. The third-order valence-electron chi connectivity index (χ3n) is 2.16. The van der Waals surface area contributed by atoms with Crippen molar-refractivity contribution in [3.8, 4) is 0 Å². The van der Waals surface area contributed by atoms with E-state index in [9.17, 15) is 13.2 Å². The number of nitrogens with zero attached hydrogens (tertiary/aromatic N) is 1. The molecule has 1 rings (SSSR count). The van der Waals surface area contributed by atoms with Crippen LogP contribution >= 0.6 is 11.3 Å². The molecule has 0 aliphatic carbocycles. The van der Waals surface area contributed by atoms with E-state index in [0.717, 1.165) is 24.2 Å². The topological polar surface area (TPSA) is 84.3 Å². The monoisotopic (exact) mass is 277 g/mol. The van der Waals surface area contributed by atoms with Gasteiger partial charge in [0, 0.05) is 5.38 Å². The van der Waals surface area contributed by atoms with Gasteiger partial charge in [-0.3, -0.25) is 0 Å². The normalized spacial score (nSPS) is 11.6. The molecule has 1 aromatic heterocycles. The third kappa shape index (κ3) is 4.82. The minimum absolute atomic E-state index is 0.0660. The first kappa shape index (κ1) is 14.1. The van der Waals surface area contributed by atoms with Gasteiger partial charge < -0.3 is 5.11 Å². The molecule has 0 radical (unpaired) electrons. The van der Waals surface area contributed by atoms with Crippen LogP contribution in [0.25, 0.3) is 0 Å². The summed E-state index contributed by atoms with van der Waals surface area (Å²) in [7, 11) is -3.17.